The van der Waals surface area contributed by atoms with Gasteiger partial charge in [-0.05, 0) is 25.5 Å². The number of hydrogen-bond acceptors (Lipinski definition) is 3. The molecule has 0 saturated heterocycles. The fourth-order valence-corrected chi connectivity index (χ4v) is 1.44. The first kappa shape index (κ1) is 14.4. The van der Waals surface area contributed by atoms with Crippen LogP contribution in [-0.4, -0.2) is 18.7 Å². The summed E-state index contributed by atoms with van der Waals surface area (Å²) in [7, 11) is 0. The molecular formula is C13H16F2O3. The summed E-state index contributed by atoms with van der Waals surface area (Å²) in [6.07, 6.45) is 0.380. The van der Waals surface area contributed by atoms with Crippen molar-refractivity contribution in [1.82, 2.24) is 0 Å². The molecule has 1 aromatic rings. The van der Waals surface area contributed by atoms with Crippen molar-refractivity contribution >= 4 is 5.97 Å². The fraction of sp³-hybridized carbons (Fsp3) is 0.462. The molecule has 0 N–H and O–H groups in total. The van der Waals surface area contributed by atoms with Gasteiger partial charge in [-0.3, -0.25) is 0 Å². The predicted octanol–water partition coefficient (Wildman–Crippen LogP) is 3.08. The number of rotatable bonds is 6. The Balaban J connectivity index is 2.76. The third-order valence-electron chi connectivity index (χ3n) is 2.27. The van der Waals surface area contributed by atoms with E-state index >= 15 is 0 Å². The van der Waals surface area contributed by atoms with Crippen LogP contribution in [0.15, 0.2) is 18.2 Å². The number of esters is 1. The SMILES string of the molecule is CCCC(Oc1ccc(F)c(F)c1)C(=O)OCC. The second kappa shape index (κ2) is 6.93. The minimum atomic E-state index is -1.01. The molecule has 1 unspecified atom stereocenters. The monoisotopic (exact) mass is 258 g/mol. The molecule has 5 heteroatoms. The quantitative estimate of drug-likeness (QED) is 0.735. The highest BCUT2D eigenvalue weighted by Crippen LogP contribution is 2.18. The minimum Gasteiger partial charge on any atom is -0.479 e. The molecule has 18 heavy (non-hydrogen) atoms. The Bertz CT molecular complexity index is 407. The van der Waals surface area contributed by atoms with Crippen molar-refractivity contribution in [3.8, 4) is 5.75 Å². The van der Waals surface area contributed by atoms with Crippen LogP contribution in [0, 0.1) is 11.6 Å². The number of ether oxygens (including phenoxy) is 2. The van der Waals surface area contributed by atoms with Crippen molar-refractivity contribution in [2.75, 3.05) is 6.61 Å². The highest BCUT2D eigenvalue weighted by atomic mass is 19.2. The topological polar surface area (TPSA) is 35.5 Å². The molecule has 0 fully saturated rings. The van der Waals surface area contributed by atoms with Gasteiger partial charge in [0.05, 0.1) is 6.61 Å². The van der Waals surface area contributed by atoms with E-state index in [9.17, 15) is 13.6 Å². The third-order valence-corrected chi connectivity index (χ3v) is 2.27. The lowest BCUT2D eigenvalue weighted by Gasteiger charge is -2.17. The Morgan fingerprint density at radius 3 is 2.56 bits per heavy atom. The summed E-state index contributed by atoms with van der Waals surface area (Å²) in [5.74, 6) is -2.35. The Labute approximate surface area is 105 Å². The second-order valence-corrected chi connectivity index (χ2v) is 3.72. The lowest BCUT2D eigenvalue weighted by Crippen LogP contribution is -2.29. The summed E-state index contributed by atoms with van der Waals surface area (Å²) in [4.78, 5) is 11.6. The Morgan fingerprint density at radius 1 is 1.28 bits per heavy atom. The van der Waals surface area contributed by atoms with E-state index in [0.717, 1.165) is 12.1 Å². The molecule has 0 aliphatic carbocycles. The smallest absolute Gasteiger partial charge is 0.347 e. The molecule has 0 aromatic heterocycles. The maximum atomic E-state index is 13.0. The van der Waals surface area contributed by atoms with E-state index in [-0.39, 0.29) is 12.4 Å². The number of carbonyl (C=O) groups excluding carboxylic acids is 1. The average Bonchev–Trinajstić information content (AvgIpc) is 2.33. The van der Waals surface area contributed by atoms with E-state index < -0.39 is 23.7 Å². The van der Waals surface area contributed by atoms with Crippen LogP contribution in [0.2, 0.25) is 0 Å². The normalized spacial score (nSPS) is 12.0. The van der Waals surface area contributed by atoms with Crippen LogP contribution in [0.4, 0.5) is 8.78 Å². The molecule has 0 saturated carbocycles. The maximum absolute atomic E-state index is 13.0. The van der Waals surface area contributed by atoms with Gasteiger partial charge >= 0.3 is 5.97 Å². The zero-order valence-electron chi connectivity index (χ0n) is 10.4. The Hall–Kier alpha value is -1.65. The van der Waals surface area contributed by atoms with Gasteiger partial charge in [-0.2, -0.15) is 0 Å². The zero-order valence-corrected chi connectivity index (χ0v) is 10.4. The van der Waals surface area contributed by atoms with Gasteiger partial charge in [-0.1, -0.05) is 13.3 Å². The summed E-state index contributed by atoms with van der Waals surface area (Å²) < 4.78 is 35.9. The number of hydrogen-bond donors (Lipinski definition) is 0. The van der Waals surface area contributed by atoms with Crippen LogP contribution >= 0.6 is 0 Å². The minimum absolute atomic E-state index is 0.111. The second-order valence-electron chi connectivity index (χ2n) is 3.72. The number of carbonyl (C=O) groups is 1. The van der Waals surface area contributed by atoms with Gasteiger partial charge in [0.15, 0.2) is 17.7 Å². The molecule has 3 nitrogen and oxygen atoms in total. The average molecular weight is 258 g/mol. The zero-order chi connectivity index (χ0) is 13.5. The van der Waals surface area contributed by atoms with Crippen molar-refractivity contribution in [2.24, 2.45) is 0 Å². The Morgan fingerprint density at radius 2 is 2.00 bits per heavy atom. The highest BCUT2D eigenvalue weighted by molar-refractivity contribution is 5.75. The van der Waals surface area contributed by atoms with E-state index in [1.54, 1.807) is 6.92 Å². The van der Waals surface area contributed by atoms with E-state index in [2.05, 4.69) is 0 Å². The van der Waals surface area contributed by atoms with Crippen molar-refractivity contribution in [3.05, 3.63) is 29.8 Å². The van der Waals surface area contributed by atoms with Crippen molar-refractivity contribution in [3.63, 3.8) is 0 Å². The van der Waals surface area contributed by atoms with Gasteiger partial charge in [-0.25, -0.2) is 13.6 Å². The van der Waals surface area contributed by atoms with Gasteiger partial charge < -0.3 is 9.47 Å². The molecular weight excluding hydrogens is 242 g/mol. The number of benzene rings is 1. The molecule has 0 aliphatic heterocycles. The van der Waals surface area contributed by atoms with Gasteiger partial charge in [0, 0.05) is 6.07 Å². The standard InChI is InChI=1S/C13H16F2O3/c1-3-5-12(13(16)17-4-2)18-9-6-7-10(14)11(15)8-9/h6-8,12H,3-5H2,1-2H3. The maximum Gasteiger partial charge on any atom is 0.347 e. The van der Waals surface area contributed by atoms with Crippen LogP contribution in [0.3, 0.4) is 0 Å². The summed E-state index contributed by atoms with van der Waals surface area (Å²) in [5, 5.41) is 0. The molecule has 0 amide bonds. The molecule has 0 aliphatic rings. The molecule has 1 aromatic carbocycles. The first-order valence-electron chi connectivity index (χ1n) is 5.86. The van der Waals surface area contributed by atoms with Gasteiger partial charge in [0.2, 0.25) is 0 Å². The summed E-state index contributed by atoms with van der Waals surface area (Å²) >= 11 is 0. The molecule has 0 heterocycles. The predicted molar refractivity (Wildman–Crippen MR) is 62.3 cm³/mol. The molecule has 0 spiro atoms. The summed E-state index contributed by atoms with van der Waals surface area (Å²) in [6.45, 7) is 3.83. The first-order chi connectivity index (χ1) is 8.58. The fourth-order valence-electron chi connectivity index (χ4n) is 1.44. The molecule has 0 radical (unpaired) electrons. The van der Waals surface area contributed by atoms with Crippen molar-refractivity contribution in [1.29, 1.82) is 0 Å². The summed E-state index contributed by atoms with van der Waals surface area (Å²) in [5.41, 5.74) is 0. The highest BCUT2D eigenvalue weighted by Gasteiger charge is 2.21. The summed E-state index contributed by atoms with van der Waals surface area (Å²) in [6, 6.07) is 3.15. The van der Waals surface area contributed by atoms with E-state index in [0.29, 0.717) is 12.8 Å². The Kier molecular flexibility index (Phi) is 5.55. The van der Waals surface area contributed by atoms with Crippen LogP contribution in [0.1, 0.15) is 26.7 Å². The van der Waals surface area contributed by atoms with Crippen molar-refractivity contribution in [2.45, 2.75) is 32.8 Å². The van der Waals surface area contributed by atoms with Crippen LogP contribution < -0.4 is 4.74 Å². The molecule has 1 atom stereocenters. The van der Waals surface area contributed by atoms with E-state index in [4.69, 9.17) is 9.47 Å². The van der Waals surface area contributed by atoms with Gasteiger partial charge in [0.25, 0.3) is 0 Å². The molecule has 0 bridgehead atoms. The molecule has 100 valence electrons. The van der Waals surface area contributed by atoms with Crippen LogP contribution in [0.25, 0.3) is 0 Å². The number of halogens is 2. The van der Waals surface area contributed by atoms with Crippen LogP contribution in [-0.2, 0) is 9.53 Å². The lowest BCUT2D eigenvalue weighted by molar-refractivity contribution is -0.151. The van der Waals surface area contributed by atoms with Gasteiger partial charge in [0.1, 0.15) is 5.75 Å². The van der Waals surface area contributed by atoms with E-state index in [1.165, 1.54) is 6.07 Å². The first-order valence-corrected chi connectivity index (χ1v) is 5.86. The van der Waals surface area contributed by atoms with Gasteiger partial charge in [-0.15, -0.1) is 0 Å². The largest absolute Gasteiger partial charge is 0.479 e. The third kappa shape index (κ3) is 3.98. The van der Waals surface area contributed by atoms with E-state index in [1.807, 2.05) is 6.92 Å². The van der Waals surface area contributed by atoms with Crippen LogP contribution in [0.5, 0.6) is 5.75 Å². The lowest BCUT2D eigenvalue weighted by atomic mass is 10.2. The van der Waals surface area contributed by atoms with Crippen molar-refractivity contribution < 1.29 is 23.0 Å². The molecule has 1 rings (SSSR count).